The third-order valence-electron chi connectivity index (χ3n) is 7.69. The molecule has 1 aliphatic carbocycles. The Morgan fingerprint density at radius 3 is 2.64 bits per heavy atom. The van der Waals surface area contributed by atoms with Gasteiger partial charge in [0.25, 0.3) is 12.3 Å². The number of benzene rings is 1. The molecule has 0 bridgehead atoms. The molecule has 2 aliphatic rings. The number of hydrogen-bond donors (Lipinski definition) is 1. The van der Waals surface area contributed by atoms with E-state index < -0.39 is 29.3 Å². The lowest BCUT2D eigenvalue weighted by atomic mass is 9.89. The molecular formula is C30H23ClF3N7O3. The number of pyridine rings is 1. The van der Waals surface area contributed by atoms with Gasteiger partial charge < -0.3 is 10.1 Å². The number of carbonyl (C=O) groups excluding carboxylic acids is 2. The van der Waals surface area contributed by atoms with E-state index in [1.165, 1.54) is 13.3 Å². The molecule has 44 heavy (non-hydrogen) atoms. The fraction of sp³-hybridized carbons (Fsp3) is 0.267. The number of anilines is 2. The number of methoxy groups -OCH3 is 1. The van der Waals surface area contributed by atoms with Gasteiger partial charge in [-0.2, -0.15) is 5.10 Å². The topological polar surface area (TPSA) is 115 Å². The van der Waals surface area contributed by atoms with Crippen LogP contribution in [-0.4, -0.2) is 50.2 Å². The van der Waals surface area contributed by atoms with Crippen molar-refractivity contribution in [3.05, 3.63) is 76.3 Å². The van der Waals surface area contributed by atoms with E-state index in [-0.39, 0.29) is 40.2 Å². The van der Waals surface area contributed by atoms with Gasteiger partial charge in [0.1, 0.15) is 11.6 Å². The quantitative estimate of drug-likeness (QED) is 0.268. The van der Waals surface area contributed by atoms with Gasteiger partial charge in [-0.05, 0) is 19.9 Å². The SMILES string of the molecule is COc1c(N2C[C@H]3C#C[C@H]3C2=O)ncc(C(C)n2cc(NC(=O)c3cncc(-c4c(C(F)F)ccc(Cl)c4F)n3)cn2)c1C. The van der Waals surface area contributed by atoms with Crippen molar-refractivity contribution < 1.29 is 27.5 Å². The molecule has 1 aromatic carbocycles. The second-order valence-corrected chi connectivity index (χ2v) is 10.7. The second-order valence-electron chi connectivity index (χ2n) is 10.3. The number of amides is 2. The number of aromatic nitrogens is 5. The maximum absolute atomic E-state index is 14.8. The molecule has 4 heterocycles. The Morgan fingerprint density at radius 1 is 1.18 bits per heavy atom. The van der Waals surface area contributed by atoms with E-state index in [0.717, 1.165) is 35.7 Å². The molecule has 1 aliphatic heterocycles. The summed E-state index contributed by atoms with van der Waals surface area (Å²) in [4.78, 5) is 39.9. The highest BCUT2D eigenvalue weighted by molar-refractivity contribution is 6.31. The van der Waals surface area contributed by atoms with Gasteiger partial charge in [0.05, 0.1) is 54.1 Å². The summed E-state index contributed by atoms with van der Waals surface area (Å²) in [5.41, 5.74) is 0.181. The van der Waals surface area contributed by atoms with E-state index in [1.54, 1.807) is 22.0 Å². The second kappa shape index (κ2) is 11.3. The molecule has 0 saturated carbocycles. The Balaban J connectivity index is 1.21. The highest BCUT2D eigenvalue weighted by Crippen LogP contribution is 2.40. The Morgan fingerprint density at radius 2 is 1.98 bits per heavy atom. The molecule has 0 radical (unpaired) electrons. The van der Waals surface area contributed by atoms with E-state index in [4.69, 9.17) is 16.3 Å². The summed E-state index contributed by atoms with van der Waals surface area (Å²) in [7, 11) is 1.52. The average Bonchev–Trinajstić information content (AvgIpc) is 3.54. The first-order valence-corrected chi connectivity index (χ1v) is 13.8. The number of hydrogen-bond acceptors (Lipinski definition) is 7. The first-order valence-electron chi connectivity index (χ1n) is 13.4. The number of rotatable bonds is 8. The normalized spacial score (nSPS) is 17.5. The fourth-order valence-corrected chi connectivity index (χ4v) is 5.47. The van der Waals surface area contributed by atoms with Gasteiger partial charge >= 0.3 is 0 Å². The first-order chi connectivity index (χ1) is 21.1. The third-order valence-corrected chi connectivity index (χ3v) is 7.98. The van der Waals surface area contributed by atoms with Crippen LogP contribution >= 0.6 is 11.6 Å². The summed E-state index contributed by atoms with van der Waals surface area (Å²) in [6.07, 6.45) is 3.86. The molecule has 3 atom stereocenters. The van der Waals surface area contributed by atoms with E-state index in [0.29, 0.717) is 23.8 Å². The molecular weight excluding hydrogens is 599 g/mol. The van der Waals surface area contributed by atoms with Gasteiger partial charge in [-0.15, -0.1) is 0 Å². The largest absolute Gasteiger partial charge is 0.493 e. The summed E-state index contributed by atoms with van der Waals surface area (Å²) in [5, 5.41) is 6.63. The fourth-order valence-electron chi connectivity index (χ4n) is 5.31. The summed E-state index contributed by atoms with van der Waals surface area (Å²) >= 11 is 5.82. The summed E-state index contributed by atoms with van der Waals surface area (Å²) in [5.74, 6) is 4.63. The number of fused-ring (bicyclic) bond motifs is 1. The predicted octanol–water partition coefficient (Wildman–Crippen LogP) is 5.24. The lowest BCUT2D eigenvalue weighted by molar-refractivity contribution is -0.119. The Kier molecular flexibility index (Phi) is 7.46. The van der Waals surface area contributed by atoms with Gasteiger partial charge in [-0.3, -0.25) is 24.2 Å². The number of ether oxygens (including phenoxy) is 1. The predicted molar refractivity (Wildman–Crippen MR) is 154 cm³/mol. The Labute approximate surface area is 254 Å². The lowest BCUT2D eigenvalue weighted by Crippen LogP contribution is -2.28. The van der Waals surface area contributed by atoms with Crippen LogP contribution < -0.4 is 15.0 Å². The zero-order valence-electron chi connectivity index (χ0n) is 23.5. The summed E-state index contributed by atoms with van der Waals surface area (Å²) in [6, 6.07) is 1.67. The van der Waals surface area contributed by atoms with Crippen molar-refractivity contribution in [2.75, 3.05) is 23.9 Å². The molecule has 10 nitrogen and oxygen atoms in total. The van der Waals surface area contributed by atoms with Crippen molar-refractivity contribution in [3.8, 4) is 28.8 Å². The maximum atomic E-state index is 14.8. The van der Waals surface area contributed by atoms with Crippen molar-refractivity contribution in [2.24, 2.45) is 11.8 Å². The van der Waals surface area contributed by atoms with E-state index >= 15 is 0 Å². The smallest absolute Gasteiger partial charge is 0.275 e. The molecule has 1 saturated heterocycles. The van der Waals surface area contributed by atoms with Crippen LogP contribution in [0.1, 0.15) is 46.6 Å². The van der Waals surface area contributed by atoms with Crippen molar-refractivity contribution in [2.45, 2.75) is 26.3 Å². The van der Waals surface area contributed by atoms with E-state index in [2.05, 4.69) is 37.2 Å². The van der Waals surface area contributed by atoms with E-state index in [1.807, 2.05) is 13.8 Å². The van der Waals surface area contributed by atoms with Gasteiger partial charge in [0, 0.05) is 41.2 Å². The molecule has 6 rings (SSSR count). The zero-order chi connectivity index (χ0) is 31.3. The van der Waals surface area contributed by atoms with Crippen LogP contribution in [0, 0.1) is 36.4 Å². The Bertz CT molecular complexity index is 1890. The molecule has 1 unspecified atom stereocenters. The molecule has 4 aromatic rings. The molecule has 1 fully saturated rings. The van der Waals surface area contributed by atoms with Crippen LogP contribution in [0.25, 0.3) is 11.3 Å². The van der Waals surface area contributed by atoms with Gasteiger partial charge in [-0.1, -0.05) is 29.5 Å². The van der Waals surface area contributed by atoms with Crippen LogP contribution in [0.3, 0.4) is 0 Å². The monoisotopic (exact) mass is 621 g/mol. The molecule has 224 valence electrons. The molecule has 3 aromatic heterocycles. The zero-order valence-corrected chi connectivity index (χ0v) is 24.2. The van der Waals surface area contributed by atoms with Crippen LogP contribution in [0.4, 0.5) is 24.7 Å². The van der Waals surface area contributed by atoms with Crippen molar-refractivity contribution >= 4 is 34.9 Å². The number of alkyl halides is 2. The summed E-state index contributed by atoms with van der Waals surface area (Å²) < 4.78 is 49.2. The highest BCUT2D eigenvalue weighted by Gasteiger charge is 2.44. The lowest BCUT2D eigenvalue weighted by Gasteiger charge is -2.22. The maximum Gasteiger partial charge on any atom is 0.275 e. The van der Waals surface area contributed by atoms with Crippen LogP contribution in [0.15, 0.2) is 43.1 Å². The first kappa shape index (κ1) is 29.1. The minimum atomic E-state index is -3.01. The van der Waals surface area contributed by atoms with Crippen LogP contribution in [0.5, 0.6) is 5.75 Å². The third kappa shape index (κ3) is 4.90. The van der Waals surface area contributed by atoms with Crippen molar-refractivity contribution in [3.63, 3.8) is 0 Å². The van der Waals surface area contributed by atoms with Crippen molar-refractivity contribution in [1.29, 1.82) is 0 Å². The van der Waals surface area contributed by atoms with Gasteiger partial charge in [-0.25, -0.2) is 23.1 Å². The number of carbonyl (C=O) groups is 2. The van der Waals surface area contributed by atoms with Crippen LogP contribution in [0.2, 0.25) is 5.02 Å². The number of nitrogens with zero attached hydrogens (tertiary/aromatic N) is 6. The number of halogens is 4. The molecule has 1 N–H and O–H groups in total. The Hall–Kier alpha value is -4.96. The highest BCUT2D eigenvalue weighted by atomic mass is 35.5. The van der Waals surface area contributed by atoms with E-state index in [9.17, 15) is 22.8 Å². The minimum absolute atomic E-state index is 0.00666. The molecule has 0 spiro atoms. The molecule has 2 amide bonds. The van der Waals surface area contributed by atoms with Crippen molar-refractivity contribution in [1.82, 2.24) is 24.7 Å². The van der Waals surface area contributed by atoms with Gasteiger partial charge in [0.15, 0.2) is 17.4 Å². The number of nitrogens with one attached hydrogen (secondary N) is 1. The van der Waals surface area contributed by atoms with Crippen LogP contribution in [-0.2, 0) is 4.79 Å². The minimum Gasteiger partial charge on any atom is -0.493 e. The molecule has 14 heteroatoms. The average molecular weight is 622 g/mol. The summed E-state index contributed by atoms with van der Waals surface area (Å²) in [6.45, 7) is 4.21. The van der Waals surface area contributed by atoms with Gasteiger partial charge in [0.2, 0.25) is 5.91 Å². The standard InChI is InChI=1S/C30H23ClF3N7O3/c1-14-20(9-36-28(26(14)44-3)40-12-16-4-5-18(16)30(40)43)15(2)41-13-17(8-37-41)38-29(42)23-11-35-10-22(39-23)24-19(27(33)34)6-7-21(31)25(24)32/h6-11,13,15-16,18,27H,12H2,1-3H3,(H,38,42)/t15?,16-,18-/m1/s1.